The van der Waals surface area contributed by atoms with Crippen molar-refractivity contribution in [2.24, 2.45) is 57.2 Å². The molecule has 5 fully saturated rings. The number of fused-ring (bicyclic) bond motifs is 7. The Hall–Kier alpha value is -1.99. The second kappa shape index (κ2) is 15.3. The Labute approximate surface area is 315 Å². The van der Waals surface area contributed by atoms with Gasteiger partial charge in [-0.2, -0.15) is 0 Å². The Balaban J connectivity index is 0.00000257. The maximum absolute atomic E-state index is 13.9. The molecule has 2 N–H and O–H groups in total. The molecule has 6 aliphatic carbocycles. The monoisotopic (exact) mass is 724 g/mol. The van der Waals surface area contributed by atoms with E-state index in [9.17, 15) is 14.7 Å². The van der Waals surface area contributed by atoms with Gasteiger partial charge in [-0.15, -0.1) is 0 Å². The zero-order chi connectivity index (χ0) is 38.4. The molecule has 6 aliphatic rings. The molecule has 9 atom stereocenters. The summed E-state index contributed by atoms with van der Waals surface area (Å²) >= 11 is 0. The largest absolute Gasteiger partial charge is 0.512 e. The predicted octanol–water partition coefficient (Wildman–Crippen LogP) is 9.73. The van der Waals surface area contributed by atoms with Crippen LogP contribution in [0.3, 0.4) is 0 Å². The number of carbonyl (C=O) groups excluding carboxylic acids is 3. The third-order valence-corrected chi connectivity index (χ3v) is 15.9. The van der Waals surface area contributed by atoms with Crippen LogP contribution in [0.1, 0.15) is 152 Å². The van der Waals surface area contributed by atoms with Gasteiger partial charge in [0.1, 0.15) is 12.9 Å². The highest BCUT2D eigenvalue weighted by Gasteiger charge is 2.66. The summed E-state index contributed by atoms with van der Waals surface area (Å²) in [6.45, 7) is 27.9. The Morgan fingerprint density at radius 1 is 0.962 bits per heavy atom. The van der Waals surface area contributed by atoms with Crippen LogP contribution in [0.15, 0.2) is 23.5 Å². The van der Waals surface area contributed by atoms with E-state index in [1.165, 1.54) is 44.1 Å². The highest BCUT2D eigenvalue weighted by Crippen LogP contribution is 2.72. The van der Waals surface area contributed by atoms with Crippen LogP contribution in [0, 0.1) is 57.2 Å². The molecule has 0 saturated heterocycles. The van der Waals surface area contributed by atoms with Crippen molar-refractivity contribution >= 4 is 18.5 Å². The standard InChI is InChI=1S/C44H71NO5.CH2O/c1-11-29(19-23-49-30-12-13-30)26-45-44-22-16-32-31(39(44)38(27(2)3)33(47)24-44)14-15-35-42(32,9)20-17-34-41(7,8)36(18-21-43(34,35)10)50-37(48)25-40(5,6)28(4)46;1-2/h27,29-32,34-36,45-46H,4,11-26H2,1-3,5-10H3;1H2/t29?,31?,32?,34?,35?,36-,42-,43-,44+;/m0./s1. The van der Waals surface area contributed by atoms with E-state index in [1.807, 2.05) is 20.6 Å². The summed E-state index contributed by atoms with van der Waals surface area (Å²) in [6.07, 6.45) is 14.9. The molecule has 0 aromatic carbocycles. The third kappa shape index (κ3) is 7.37. The number of hydrogen-bond acceptors (Lipinski definition) is 7. The number of ether oxygens (including phenoxy) is 2. The second-order valence-electron chi connectivity index (χ2n) is 20.0. The van der Waals surface area contributed by atoms with E-state index in [0.717, 1.165) is 57.2 Å². The van der Waals surface area contributed by atoms with E-state index in [0.29, 0.717) is 47.9 Å². The van der Waals surface area contributed by atoms with Gasteiger partial charge in [0.15, 0.2) is 5.78 Å². The molecule has 0 radical (unpaired) electrons. The zero-order valence-corrected chi connectivity index (χ0v) is 34.3. The zero-order valence-electron chi connectivity index (χ0n) is 34.3. The first-order valence-electron chi connectivity index (χ1n) is 20.9. The van der Waals surface area contributed by atoms with Crippen LogP contribution in [0.4, 0.5) is 0 Å². The van der Waals surface area contributed by atoms with E-state index in [1.54, 1.807) is 0 Å². The normalized spacial score (nSPS) is 37.2. The first kappa shape index (κ1) is 41.2. The van der Waals surface area contributed by atoms with Crippen LogP contribution in [0.2, 0.25) is 0 Å². The molecule has 294 valence electrons. The molecule has 0 aliphatic heterocycles. The predicted molar refractivity (Wildman–Crippen MR) is 208 cm³/mol. The van der Waals surface area contributed by atoms with Crippen LogP contribution >= 0.6 is 0 Å². The van der Waals surface area contributed by atoms with Crippen molar-refractivity contribution in [1.82, 2.24) is 5.32 Å². The van der Waals surface area contributed by atoms with Gasteiger partial charge in [-0.05, 0) is 135 Å². The Morgan fingerprint density at radius 3 is 2.25 bits per heavy atom. The lowest BCUT2D eigenvalue weighted by molar-refractivity contribution is -0.213. The van der Waals surface area contributed by atoms with E-state index in [2.05, 4.69) is 60.4 Å². The number of aliphatic hydroxyl groups is 1. The van der Waals surface area contributed by atoms with Crippen molar-refractivity contribution in [2.45, 2.75) is 170 Å². The lowest BCUT2D eigenvalue weighted by Gasteiger charge is -2.68. The van der Waals surface area contributed by atoms with Gasteiger partial charge in [-0.3, -0.25) is 9.59 Å². The molecule has 7 nitrogen and oxygen atoms in total. The minimum absolute atomic E-state index is 0.0282. The molecule has 0 aromatic heterocycles. The fourth-order valence-corrected chi connectivity index (χ4v) is 12.8. The van der Waals surface area contributed by atoms with Crippen LogP contribution in [0.25, 0.3) is 0 Å². The summed E-state index contributed by atoms with van der Waals surface area (Å²) in [5.41, 5.74) is 2.11. The molecule has 5 unspecified atom stereocenters. The van der Waals surface area contributed by atoms with Crippen molar-refractivity contribution in [3.05, 3.63) is 23.5 Å². The number of hydrogen-bond donors (Lipinski definition) is 2. The Morgan fingerprint density at radius 2 is 1.63 bits per heavy atom. The summed E-state index contributed by atoms with van der Waals surface area (Å²) in [5, 5.41) is 14.2. The van der Waals surface area contributed by atoms with E-state index in [4.69, 9.17) is 14.3 Å². The van der Waals surface area contributed by atoms with E-state index < -0.39 is 5.41 Å². The maximum Gasteiger partial charge on any atom is 0.307 e. The first-order chi connectivity index (χ1) is 24.4. The molecule has 52 heavy (non-hydrogen) atoms. The summed E-state index contributed by atoms with van der Waals surface area (Å²) < 4.78 is 12.3. The van der Waals surface area contributed by atoms with Crippen molar-refractivity contribution in [1.29, 1.82) is 0 Å². The molecular weight excluding hydrogens is 650 g/mol. The highest BCUT2D eigenvalue weighted by atomic mass is 16.5. The van der Waals surface area contributed by atoms with Gasteiger partial charge in [-0.1, -0.05) is 75.3 Å². The van der Waals surface area contributed by atoms with Gasteiger partial charge < -0.3 is 24.7 Å². The third-order valence-electron chi connectivity index (χ3n) is 15.9. The summed E-state index contributed by atoms with van der Waals surface area (Å²) in [7, 11) is 0. The number of ketones is 1. The molecule has 5 saturated carbocycles. The molecule has 6 rings (SSSR count). The number of Topliss-reactive ketones (excluding diaryl/α,β-unsaturated/α-hetero) is 1. The molecule has 0 spiro atoms. The second-order valence-corrected chi connectivity index (χ2v) is 20.0. The van der Waals surface area contributed by atoms with Gasteiger partial charge in [0, 0.05) is 29.4 Å². The average Bonchev–Trinajstić information content (AvgIpc) is 3.84. The van der Waals surface area contributed by atoms with Gasteiger partial charge in [-0.25, -0.2) is 0 Å². The van der Waals surface area contributed by atoms with Crippen molar-refractivity contribution in [3.63, 3.8) is 0 Å². The minimum Gasteiger partial charge on any atom is -0.512 e. The molecule has 0 amide bonds. The maximum atomic E-state index is 13.9. The Bertz CT molecular complexity index is 1380. The number of esters is 1. The lowest BCUT2D eigenvalue weighted by Crippen LogP contribution is -2.64. The quantitative estimate of drug-likeness (QED) is 0.144. The van der Waals surface area contributed by atoms with Gasteiger partial charge in [0.05, 0.1) is 18.3 Å². The summed E-state index contributed by atoms with van der Waals surface area (Å²) in [6, 6.07) is 0. The molecule has 0 aromatic rings. The Kier molecular flexibility index (Phi) is 12.1. The topological polar surface area (TPSA) is 102 Å². The fraction of sp³-hybridized carbons (Fsp3) is 0.844. The number of carbonyl (C=O) groups is 3. The summed E-state index contributed by atoms with van der Waals surface area (Å²) in [5.74, 6) is 3.21. The van der Waals surface area contributed by atoms with Gasteiger partial charge >= 0.3 is 5.97 Å². The number of aliphatic hydroxyl groups excluding tert-OH is 1. The molecule has 7 heteroatoms. The number of allylic oxidation sites excluding steroid dienone is 2. The summed E-state index contributed by atoms with van der Waals surface area (Å²) in [4.78, 5) is 35.1. The van der Waals surface area contributed by atoms with Gasteiger partial charge in [0.2, 0.25) is 0 Å². The average molecular weight is 724 g/mol. The highest BCUT2D eigenvalue weighted by molar-refractivity contribution is 6.01. The first-order valence-corrected chi connectivity index (χ1v) is 20.9. The van der Waals surface area contributed by atoms with E-state index >= 15 is 0 Å². The minimum atomic E-state index is -0.695. The number of rotatable bonds is 13. The van der Waals surface area contributed by atoms with Crippen LogP contribution < -0.4 is 5.32 Å². The molecular formula is C45H73NO6. The van der Waals surface area contributed by atoms with Crippen molar-refractivity contribution in [3.8, 4) is 0 Å². The van der Waals surface area contributed by atoms with Crippen molar-refractivity contribution < 1.29 is 29.0 Å². The SMILES string of the molecule is C=C(O)C(C)(C)CC(=O)O[C@H]1CC[C@@]2(C)C(CC[C@@]3(C)C4CC[C@@]5(NCC(CC)CCOC6CC6)CC(=O)C(C(C)C)=C5C4CCC32)C1(C)C.C=O. The fourth-order valence-electron chi connectivity index (χ4n) is 12.8. The van der Waals surface area contributed by atoms with Crippen LogP contribution in [0.5, 0.6) is 0 Å². The number of nitrogens with one attached hydrogen (secondary N) is 1. The smallest absolute Gasteiger partial charge is 0.307 e. The van der Waals surface area contributed by atoms with Crippen LogP contribution in [-0.2, 0) is 23.9 Å². The molecule has 0 bridgehead atoms. The lowest BCUT2D eigenvalue weighted by atomic mass is 9.37. The van der Waals surface area contributed by atoms with Gasteiger partial charge in [0.25, 0.3) is 0 Å². The van der Waals surface area contributed by atoms with E-state index in [-0.39, 0.29) is 52.0 Å². The van der Waals surface area contributed by atoms with Crippen LogP contribution in [-0.4, -0.2) is 54.5 Å². The molecule has 0 heterocycles. The van der Waals surface area contributed by atoms with Crippen molar-refractivity contribution in [2.75, 3.05) is 13.2 Å².